The molecular weight excluding hydrogens is 192 g/mol. The molecule has 1 aliphatic carbocycles. The van der Waals surface area contributed by atoms with Crippen LogP contribution < -0.4 is 0 Å². The van der Waals surface area contributed by atoms with Gasteiger partial charge in [0.1, 0.15) is 0 Å². The van der Waals surface area contributed by atoms with Crippen LogP contribution >= 0.6 is 0 Å². The summed E-state index contributed by atoms with van der Waals surface area (Å²) in [6, 6.07) is 9.02. The molecule has 0 saturated heterocycles. The molecule has 0 aromatic heterocycles. The minimum absolute atomic E-state index is 0.761. The molecule has 0 heterocycles. The minimum Gasteiger partial charge on any atom is -0.0620 e. The Hall–Kier alpha value is -0.780. The average molecular weight is 216 g/mol. The molecule has 0 nitrogen and oxygen atoms in total. The van der Waals surface area contributed by atoms with Crippen LogP contribution in [0.25, 0.3) is 0 Å². The van der Waals surface area contributed by atoms with Crippen molar-refractivity contribution in [2.24, 2.45) is 5.92 Å². The van der Waals surface area contributed by atoms with Gasteiger partial charge in [-0.25, -0.2) is 0 Å². The number of rotatable bonds is 3. The molecule has 1 saturated carbocycles. The van der Waals surface area contributed by atoms with Crippen LogP contribution in [0.15, 0.2) is 24.3 Å². The van der Waals surface area contributed by atoms with Crippen molar-refractivity contribution in [3.05, 3.63) is 35.4 Å². The molecule has 0 radical (unpaired) electrons. The SMILES string of the molecule is CCc1ccccc1C(C)C1CCCCC1. The Kier molecular flexibility index (Phi) is 4.04. The highest BCUT2D eigenvalue weighted by molar-refractivity contribution is 5.30. The van der Waals surface area contributed by atoms with E-state index in [0.717, 1.165) is 11.8 Å². The lowest BCUT2D eigenvalue weighted by molar-refractivity contribution is 0.315. The molecule has 1 atom stereocenters. The molecule has 1 aromatic rings. The Balaban J connectivity index is 2.15. The molecule has 0 N–H and O–H groups in total. The van der Waals surface area contributed by atoms with Crippen molar-refractivity contribution in [3.63, 3.8) is 0 Å². The maximum atomic E-state index is 2.44. The summed E-state index contributed by atoms with van der Waals surface area (Å²) in [4.78, 5) is 0. The first-order chi connectivity index (χ1) is 7.83. The van der Waals surface area contributed by atoms with Crippen molar-refractivity contribution in [2.45, 2.75) is 58.3 Å². The first kappa shape index (κ1) is 11.7. The van der Waals surface area contributed by atoms with E-state index < -0.39 is 0 Å². The van der Waals surface area contributed by atoms with Crippen molar-refractivity contribution in [1.29, 1.82) is 0 Å². The predicted octanol–water partition coefficient (Wildman–Crippen LogP) is 4.93. The number of benzene rings is 1. The van der Waals surface area contributed by atoms with Crippen LogP contribution in [0, 0.1) is 5.92 Å². The van der Waals surface area contributed by atoms with Crippen LogP contribution in [0.4, 0.5) is 0 Å². The van der Waals surface area contributed by atoms with Crippen molar-refractivity contribution < 1.29 is 0 Å². The highest BCUT2D eigenvalue weighted by Crippen LogP contribution is 2.36. The Labute approximate surface area is 100 Å². The molecule has 1 fully saturated rings. The van der Waals surface area contributed by atoms with Crippen molar-refractivity contribution in [2.75, 3.05) is 0 Å². The molecule has 1 aromatic carbocycles. The molecule has 0 spiro atoms. The molecule has 0 bridgehead atoms. The van der Waals surface area contributed by atoms with Crippen molar-refractivity contribution >= 4 is 0 Å². The summed E-state index contributed by atoms with van der Waals surface area (Å²) in [6.45, 7) is 4.71. The van der Waals surface area contributed by atoms with Gasteiger partial charge in [0.05, 0.1) is 0 Å². The quantitative estimate of drug-likeness (QED) is 0.672. The van der Waals surface area contributed by atoms with E-state index >= 15 is 0 Å². The van der Waals surface area contributed by atoms with Gasteiger partial charge < -0.3 is 0 Å². The first-order valence-corrected chi connectivity index (χ1v) is 6.90. The molecule has 88 valence electrons. The van der Waals surface area contributed by atoms with Crippen LogP contribution in [-0.4, -0.2) is 0 Å². The van der Waals surface area contributed by atoms with E-state index in [9.17, 15) is 0 Å². The topological polar surface area (TPSA) is 0 Å². The first-order valence-electron chi connectivity index (χ1n) is 6.90. The summed E-state index contributed by atoms with van der Waals surface area (Å²) in [5.74, 6) is 1.69. The normalized spacial score (nSPS) is 19.6. The predicted molar refractivity (Wildman–Crippen MR) is 70.8 cm³/mol. The second-order valence-corrected chi connectivity index (χ2v) is 5.24. The molecule has 2 rings (SSSR count). The number of aryl methyl sites for hydroxylation is 1. The lowest BCUT2D eigenvalue weighted by Gasteiger charge is -2.29. The Morgan fingerprint density at radius 2 is 1.81 bits per heavy atom. The van der Waals surface area contributed by atoms with Gasteiger partial charge in [0.2, 0.25) is 0 Å². The van der Waals surface area contributed by atoms with Gasteiger partial charge in [-0.1, -0.05) is 57.4 Å². The summed E-state index contributed by atoms with van der Waals surface area (Å²) in [5.41, 5.74) is 3.16. The van der Waals surface area contributed by atoms with Crippen LogP contribution in [0.5, 0.6) is 0 Å². The van der Waals surface area contributed by atoms with Gasteiger partial charge >= 0.3 is 0 Å². The maximum absolute atomic E-state index is 2.44. The third-order valence-electron chi connectivity index (χ3n) is 4.28. The Morgan fingerprint density at radius 1 is 1.12 bits per heavy atom. The van der Waals surface area contributed by atoms with Crippen LogP contribution in [0.1, 0.15) is 63.0 Å². The molecule has 0 aliphatic heterocycles. The lowest BCUT2D eigenvalue weighted by atomic mass is 9.76. The van der Waals surface area contributed by atoms with Gasteiger partial charge in [0, 0.05) is 0 Å². The Morgan fingerprint density at radius 3 is 2.50 bits per heavy atom. The summed E-state index contributed by atoms with van der Waals surface area (Å²) in [7, 11) is 0. The van der Waals surface area contributed by atoms with Crippen LogP contribution in [-0.2, 0) is 6.42 Å². The molecule has 1 unspecified atom stereocenters. The van der Waals surface area contributed by atoms with Gasteiger partial charge in [-0.05, 0) is 42.2 Å². The minimum atomic E-state index is 0.761. The van der Waals surface area contributed by atoms with Gasteiger partial charge in [-0.3, -0.25) is 0 Å². The van der Waals surface area contributed by atoms with Gasteiger partial charge in [-0.15, -0.1) is 0 Å². The zero-order chi connectivity index (χ0) is 11.4. The van der Waals surface area contributed by atoms with Crippen molar-refractivity contribution in [3.8, 4) is 0 Å². The zero-order valence-electron chi connectivity index (χ0n) is 10.7. The smallest absolute Gasteiger partial charge is 0.0159 e. The fourth-order valence-corrected chi connectivity index (χ4v) is 3.19. The van der Waals surface area contributed by atoms with Gasteiger partial charge in [0.25, 0.3) is 0 Å². The zero-order valence-corrected chi connectivity index (χ0v) is 10.7. The monoisotopic (exact) mass is 216 g/mol. The summed E-state index contributed by atoms with van der Waals surface area (Å²) < 4.78 is 0. The van der Waals surface area contributed by atoms with Crippen LogP contribution in [0.2, 0.25) is 0 Å². The van der Waals surface area contributed by atoms with E-state index in [2.05, 4.69) is 38.1 Å². The van der Waals surface area contributed by atoms with E-state index in [0.29, 0.717) is 0 Å². The van der Waals surface area contributed by atoms with Gasteiger partial charge in [0.15, 0.2) is 0 Å². The summed E-state index contributed by atoms with van der Waals surface area (Å²) >= 11 is 0. The average Bonchev–Trinajstić information content (AvgIpc) is 2.39. The molecule has 0 heteroatoms. The van der Waals surface area contributed by atoms with E-state index in [-0.39, 0.29) is 0 Å². The van der Waals surface area contributed by atoms with E-state index in [1.54, 1.807) is 11.1 Å². The largest absolute Gasteiger partial charge is 0.0620 e. The van der Waals surface area contributed by atoms with E-state index in [4.69, 9.17) is 0 Å². The second kappa shape index (κ2) is 5.52. The Bertz CT molecular complexity index is 321. The number of hydrogen-bond acceptors (Lipinski definition) is 0. The van der Waals surface area contributed by atoms with Crippen molar-refractivity contribution in [1.82, 2.24) is 0 Å². The maximum Gasteiger partial charge on any atom is -0.0159 e. The molecule has 16 heavy (non-hydrogen) atoms. The summed E-state index contributed by atoms with van der Waals surface area (Å²) in [6.07, 6.45) is 8.41. The fraction of sp³-hybridized carbons (Fsp3) is 0.625. The highest BCUT2D eigenvalue weighted by atomic mass is 14.3. The standard InChI is InChI=1S/C16H24/c1-3-14-9-7-8-12-16(14)13(2)15-10-5-4-6-11-15/h7-9,12-13,15H,3-6,10-11H2,1-2H3. The van der Waals surface area contributed by atoms with Crippen LogP contribution in [0.3, 0.4) is 0 Å². The second-order valence-electron chi connectivity index (χ2n) is 5.24. The summed E-state index contributed by atoms with van der Waals surface area (Å²) in [5, 5.41) is 0. The van der Waals surface area contributed by atoms with E-state index in [1.807, 2.05) is 0 Å². The molecular formula is C16H24. The lowest BCUT2D eigenvalue weighted by Crippen LogP contribution is -2.15. The molecule has 0 amide bonds. The number of hydrogen-bond donors (Lipinski definition) is 0. The molecule has 1 aliphatic rings. The van der Waals surface area contributed by atoms with E-state index in [1.165, 1.54) is 38.5 Å². The van der Waals surface area contributed by atoms with Gasteiger partial charge in [-0.2, -0.15) is 0 Å². The fourth-order valence-electron chi connectivity index (χ4n) is 3.19. The third kappa shape index (κ3) is 2.48. The highest BCUT2D eigenvalue weighted by Gasteiger charge is 2.22. The third-order valence-corrected chi connectivity index (χ3v) is 4.28.